The first-order chi connectivity index (χ1) is 9.83. The maximum absolute atomic E-state index is 11.8. The van der Waals surface area contributed by atoms with Crippen LogP contribution in [0.25, 0.3) is 0 Å². The number of methoxy groups -OCH3 is 1. The Morgan fingerprint density at radius 2 is 2.10 bits per heavy atom. The highest BCUT2D eigenvalue weighted by Crippen LogP contribution is 2.27. The number of nitrogens with one attached hydrogen (secondary N) is 1. The molecule has 21 heavy (non-hydrogen) atoms. The van der Waals surface area contributed by atoms with Crippen molar-refractivity contribution in [3.05, 3.63) is 33.9 Å². The zero-order valence-electron chi connectivity index (χ0n) is 11.3. The molecule has 118 valence electrons. The second-order valence-corrected chi connectivity index (χ2v) is 4.11. The second-order valence-electron chi connectivity index (χ2n) is 4.11. The summed E-state index contributed by atoms with van der Waals surface area (Å²) in [5, 5.41) is 13.7. The SMILES string of the molecule is COc1ccc(CNCCOCC(F)(F)F)cc1[N+](=O)[O-]. The van der Waals surface area contributed by atoms with E-state index in [1.165, 1.54) is 19.2 Å². The molecule has 0 heterocycles. The van der Waals surface area contributed by atoms with E-state index in [1.54, 1.807) is 6.07 Å². The molecule has 1 aromatic rings. The largest absolute Gasteiger partial charge is 0.490 e. The van der Waals surface area contributed by atoms with Gasteiger partial charge < -0.3 is 14.8 Å². The third-order valence-electron chi connectivity index (χ3n) is 2.46. The summed E-state index contributed by atoms with van der Waals surface area (Å²) in [6, 6.07) is 4.45. The van der Waals surface area contributed by atoms with Gasteiger partial charge in [0.1, 0.15) is 6.61 Å². The average molecular weight is 308 g/mol. The number of benzene rings is 1. The van der Waals surface area contributed by atoms with Crippen LogP contribution in [0.1, 0.15) is 5.56 Å². The summed E-state index contributed by atoms with van der Waals surface area (Å²) >= 11 is 0. The Kier molecular flexibility index (Phi) is 6.38. The lowest BCUT2D eigenvalue weighted by molar-refractivity contribution is -0.385. The van der Waals surface area contributed by atoms with Crippen molar-refractivity contribution in [1.82, 2.24) is 5.32 Å². The van der Waals surface area contributed by atoms with E-state index in [-0.39, 0.29) is 31.1 Å². The van der Waals surface area contributed by atoms with Gasteiger partial charge >= 0.3 is 11.9 Å². The van der Waals surface area contributed by atoms with Gasteiger partial charge in [-0.25, -0.2) is 0 Å². The van der Waals surface area contributed by atoms with Crippen molar-refractivity contribution >= 4 is 5.69 Å². The average Bonchev–Trinajstić information content (AvgIpc) is 2.41. The third kappa shape index (κ3) is 6.41. The fraction of sp³-hybridized carbons (Fsp3) is 0.500. The summed E-state index contributed by atoms with van der Waals surface area (Å²) in [6.07, 6.45) is -4.34. The highest BCUT2D eigenvalue weighted by Gasteiger charge is 2.27. The van der Waals surface area contributed by atoms with Gasteiger partial charge in [0.2, 0.25) is 0 Å². The van der Waals surface area contributed by atoms with Crippen molar-refractivity contribution in [2.45, 2.75) is 12.7 Å². The summed E-state index contributed by atoms with van der Waals surface area (Å²) in [6.45, 7) is -0.906. The molecular formula is C12H15F3N2O4. The van der Waals surface area contributed by atoms with Gasteiger partial charge in [0, 0.05) is 19.2 Å². The van der Waals surface area contributed by atoms with E-state index in [1.807, 2.05) is 0 Å². The van der Waals surface area contributed by atoms with Crippen molar-refractivity contribution < 1.29 is 27.6 Å². The molecule has 0 saturated carbocycles. The number of nitro benzene ring substituents is 1. The molecule has 0 fully saturated rings. The van der Waals surface area contributed by atoms with Crippen molar-refractivity contribution in [2.24, 2.45) is 0 Å². The van der Waals surface area contributed by atoms with Crippen LogP contribution in [0.5, 0.6) is 5.75 Å². The van der Waals surface area contributed by atoms with Crippen LogP contribution in [0.15, 0.2) is 18.2 Å². The van der Waals surface area contributed by atoms with Crippen molar-refractivity contribution in [3.63, 3.8) is 0 Å². The maximum atomic E-state index is 11.8. The quantitative estimate of drug-likeness (QED) is 0.453. The van der Waals surface area contributed by atoms with E-state index in [2.05, 4.69) is 10.1 Å². The van der Waals surface area contributed by atoms with Crippen molar-refractivity contribution in [2.75, 3.05) is 26.9 Å². The molecule has 9 heteroatoms. The molecule has 0 aromatic heterocycles. The highest BCUT2D eigenvalue weighted by molar-refractivity contribution is 5.48. The number of rotatable bonds is 8. The first kappa shape index (κ1) is 17.2. The van der Waals surface area contributed by atoms with E-state index in [9.17, 15) is 23.3 Å². The number of ether oxygens (including phenoxy) is 2. The van der Waals surface area contributed by atoms with Crippen LogP contribution in [0.4, 0.5) is 18.9 Å². The Bertz CT molecular complexity index is 480. The van der Waals surface area contributed by atoms with Crippen LogP contribution >= 0.6 is 0 Å². The molecule has 0 spiro atoms. The molecule has 0 aliphatic carbocycles. The topological polar surface area (TPSA) is 73.6 Å². The van der Waals surface area contributed by atoms with Crippen LogP contribution < -0.4 is 10.1 Å². The van der Waals surface area contributed by atoms with Gasteiger partial charge in [-0.2, -0.15) is 13.2 Å². The van der Waals surface area contributed by atoms with Crippen LogP contribution in [-0.2, 0) is 11.3 Å². The molecule has 0 unspecified atom stereocenters. The summed E-state index contributed by atoms with van der Waals surface area (Å²) in [5.74, 6) is 0.150. The Morgan fingerprint density at radius 3 is 2.67 bits per heavy atom. The zero-order valence-corrected chi connectivity index (χ0v) is 11.3. The van der Waals surface area contributed by atoms with Gasteiger partial charge in [-0.05, 0) is 11.6 Å². The number of nitrogens with zero attached hydrogens (tertiary/aromatic N) is 1. The normalized spacial score (nSPS) is 11.4. The molecular weight excluding hydrogens is 293 g/mol. The number of hydrogen-bond acceptors (Lipinski definition) is 5. The van der Waals surface area contributed by atoms with E-state index in [4.69, 9.17) is 4.74 Å². The minimum atomic E-state index is -4.34. The molecule has 0 aliphatic rings. The summed E-state index contributed by atoms with van der Waals surface area (Å²) in [5.41, 5.74) is 0.462. The lowest BCUT2D eigenvalue weighted by atomic mass is 10.2. The van der Waals surface area contributed by atoms with Gasteiger partial charge in [-0.1, -0.05) is 6.07 Å². The highest BCUT2D eigenvalue weighted by atomic mass is 19.4. The molecule has 1 rings (SSSR count). The Hall–Kier alpha value is -1.87. The van der Waals surface area contributed by atoms with Crippen LogP contribution in [0.3, 0.4) is 0 Å². The molecule has 0 radical (unpaired) electrons. The molecule has 6 nitrogen and oxygen atoms in total. The summed E-state index contributed by atoms with van der Waals surface area (Å²) < 4.78 is 44.7. The number of halogens is 3. The number of alkyl halides is 3. The fourth-order valence-corrected chi connectivity index (χ4v) is 1.55. The molecule has 1 N–H and O–H groups in total. The zero-order chi connectivity index (χ0) is 15.9. The monoisotopic (exact) mass is 308 g/mol. The van der Waals surface area contributed by atoms with Crippen LogP contribution in [-0.4, -0.2) is 38.0 Å². The van der Waals surface area contributed by atoms with Gasteiger partial charge in [-0.15, -0.1) is 0 Å². The molecule has 0 atom stereocenters. The van der Waals surface area contributed by atoms with Gasteiger partial charge in [0.15, 0.2) is 5.75 Å². The minimum Gasteiger partial charge on any atom is -0.490 e. The Labute approximate surface area is 119 Å². The van der Waals surface area contributed by atoms with E-state index < -0.39 is 17.7 Å². The third-order valence-corrected chi connectivity index (χ3v) is 2.46. The van der Waals surface area contributed by atoms with E-state index in [0.717, 1.165) is 0 Å². The lowest BCUT2D eigenvalue weighted by Gasteiger charge is -2.09. The predicted octanol–water partition coefficient (Wildman–Crippen LogP) is 2.27. The van der Waals surface area contributed by atoms with Gasteiger partial charge in [0.25, 0.3) is 0 Å². The van der Waals surface area contributed by atoms with E-state index in [0.29, 0.717) is 5.56 Å². The maximum Gasteiger partial charge on any atom is 0.411 e. The lowest BCUT2D eigenvalue weighted by Crippen LogP contribution is -2.23. The van der Waals surface area contributed by atoms with Crippen LogP contribution in [0, 0.1) is 10.1 Å². The molecule has 0 aliphatic heterocycles. The van der Waals surface area contributed by atoms with Crippen molar-refractivity contribution in [1.29, 1.82) is 0 Å². The molecule has 0 saturated heterocycles. The van der Waals surface area contributed by atoms with Crippen molar-refractivity contribution in [3.8, 4) is 5.75 Å². The predicted molar refractivity (Wildman–Crippen MR) is 68.2 cm³/mol. The van der Waals surface area contributed by atoms with Gasteiger partial charge in [-0.3, -0.25) is 10.1 Å². The first-order valence-corrected chi connectivity index (χ1v) is 6.00. The second kappa shape index (κ2) is 7.79. The Balaban J connectivity index is 2.39. The molecule has 0 bridgehead atoms. The molecule has 1 aromatic carbocycles. The number of hydrogen-bond donors (Lipinski definition) is 1. The van der Waals surface area contributed by atoms with Gasteiger partial charge in [0.05, 0.1) is 18.6 Å². The fourth-order valence-electron chi connectivity index (χ4n) is 1.55. The number of nitro groups is 1. The smallest absolute Gasteiger partial charge is 0.411 e. The standard InChI is InChI=1S/C12H15F3N2O4/c1-20-11-3-2-9(6-10(11)17(18)19)7-16-4-5-21-8-12(13,14)15/h2-3,6,16H,4-5,7-8H2,1H3. The minimum absolute atomic E-state index is 0.0994. The molecule has 0 amide bonds. The summed E-state index contributed by atoms with van der Waals surface area (Å²) in [4.78, 5) is 10.3. The van der Waals surface area contributed by atoms with E-state index >= 15 is 0 Å². The summed E-state index contributed by atoms with van der Waals surface area (Å²) in [7, 11) is 1.33. The van der Waals surface area contributed by atoms with Crippen LogP contribution in [0.2, 0.25) is 0 Å². The Morgan fingerprint density at radius 1 is 1.38 bits per heavy atom. The first-order valence-electron chi connectivity index (χ1n) is 6.00.